The molecule has 4 aromatic carbocycles. The number of rotatable bonds is 2. The van der Waals surface area contributed by atoms with Crippen molar-refractivity contribution < 1.29 is 19.2 Å². The van der Waals surface area contributed by atoms with Crippen molar-refractivity contribution in [3.05, 3.63) is 89.0 Å². The number of benzene rings is 4. The van der Waals surface area contributed by atoms with Crippen LogP contribution in [0.4, 0.5) is 0 Å². The Bertz CT molecular complexity index is 1690. The van der Waals surface area contributed by atoms with Crippen LogP contribution in [0.15, 0.2) is 71.7 Å². The Hall–Kier alpha value is -3.54. The molecule has 3 heterocycles. The maximum atomic E-state index is 11.6. The van der Waals surface area contributed by atoms with Gasteiger partial charge in [0.05, 0.1) is 5.92 Å². The fourth-order valence-corrected chi connectivity index (χ4v) is 7.06. The summed E-state index contributed by atoms with van der Waals surface area (Å²) >= 11 is 0. The summed E-state index contributed by atoms with van der Waals surface area (Å²) in [5.41, 5.74) is 5.99. The van der Waals surface area contributed by atoms with Gasteiger partial charge in [-0.1, -0.05) is 74.5 Å². The Morgan fingerprint density at radius 3 is 2.53 bits per heavy atom. The lowest BCUT2D eigenvalue weighted by atomic mass is 9.78. The minimum absolute atomic E-state index is 0.0780. The third kappa shape index (κ3) is 2.38. The molecule has 0 radical (unpaired) electrons. The summed E-state index contributed by atoms with van der Waals surface area (Å²) in [6.07, 6.45) is 1.53. The maximum Gasteiger partial charge on any atom is 0.293 e. The van der Waals surface area contributed by atoms with Gasteiger partial charge in [0.15, 0.2) is 6.04 Å². The molecule has 5 atom stereocenters. The molecule has 0 saturated heterocycles. The monoisotopic (exact) mass is 475 g/mol. The van der Waals surface area contributed by atoms with Gasteiger partial charge >= 0.3 is 0 Å². The standard InChI is InChI=1S/C31H27N2O3/c1-16(2)21-14-22-24(20-11-7-6-10-19(20)21)28-26-25-18-9-5-4-8-17(18)12-13-23(25)36-30(26)32-15-33(28)29-27(22)31(29,34)35-3/h4-16,26-27,29-30,34H,1-3H3/q+1. The molecule has 4 aromatic rings. The molecule has 4 aliphatic rings. The average molecular weight is 476 g/mol. The predicted octanol–water partition coefficient (Wildman–Crippen LogP) is 5.28. The number of aliphatic hydroxyl groups is 1. The molecule has 5 heteroatoms. The van der Waals surface area contributed by atoms with Crippen molar-refractivity contribution in [2.75, 3.05) is 7.11 Å². The van der Waals surface area contributed by atoms with Crippen LogP contribution in [0.25, 0.3) is 21.5 Å². The number of fused-ring (bicyclic) bond motifs is 13. The van der Waals surface area contributed by atoms with Gasteiger partial charge in [-0.05, 0) is 49.6 Å². The van der Waals surface area contributed by atoms with Crippen molar-refractivity contribution in [2.24, 2.45) is 4.99 Å². The lowest BCUT2D eigenvalue weighted by Crippen LogP contribution is -2.41. The van der Waals surface area contributed by atoms with E-state index in [0.717, 1.165) is 11.5 Å². The van der Waals surface area contributed by atoms with Gasteiger partial charge in [-0.25, -0.2) is 4.58 Å². The topological polar surface area (TPSA) is 54.1 Å². The highest BCUT2D eigenvalue weighted by Gasteiger charge is 2.75. The molecule has 3 aliphatic heterocycles. The van der Waals surface area contributed by atoms with Gasteiger partial charge in [0.2, 0.25) is 5.79 Å². The quantitative estimate of drug-likeness (QED) is 0.317. The Kier molecular flexibility index (Phi) is 3.90. The number of hydrogen-bond donors (Lipinski definition) is 1. The van der Waals surface area contributed by atoms with E-state index in [9.17, 15) is 5.11 Å². The lowest BCUT2D eigenvalue weighted by molar-refractivity contribution is -0.444. The van der Waals surface area contributed by atoms with Gasteiger partial charge in [-0.2, -0.15) is 0 Å². The van der Waals surface area contributed by atoms with E-state index in [-0.39, 0.29) is 24.1 Å². The molecule has 1 saturated carbocycles. The summed E-state index contributed by atoms with van der Waals surface area (Å²) in [5.74, 6) is -0.227. The van der Waals surface area contributed by atoms with Crippen LogP contribution in [-0.2, 0) is 4.74 Å². The van der Waals surface area contributed by atoms with Crippen molar-refractivity contribution in [2.45, 2.75) is 49.7 Å². The van der Waals surface area contributed by atoms with Gasteiger partial charge in [0, 0.05) is 18.2 Å². The maximum absolute atomic E-state index is 11.6. The summed E-state index contributed by atoms with van der Waals surface area (Å²) in [7, 11) is 1.60. The molecule has 0 aromatic heterocycles. The van der Waals surface area contributed by atoms with E-state index in [2.05, 4.69) is 85.2 Å². The van der Waals surface area contributed by atoms with Crippen LogP contribution in [0.1, 0.15) is 53.9 Å². The molecule has 1 N–H and O–H groups in total. The molecule has 8 rings (SSSR count). The highest BCUT2D eigenvalue weighted by molar-refractivity contribution is 6.17. The molecule has 5 unspecified atom stereocenters. The Balaban J connectivity index is 1.49. The van der Waals surface area contributed by atoms with E-state index in [1.165, 1.54) is 43.8 Å². The van der Waals surface area contributed by atoms with Crippen LogP contribution in [0.5, 0.6) is 5.75 Å². The molecule has 36 heavy (non-hydrogen) atoms. The number of methoxy groups -OCH3 is 1. The number of ether oxygens (including phenoxy) is 2. The van der Waals surface area contributed by atoms with E-state index in [4.69, 9.17) is 14.5 Å². The van der Waals surface area contributed by atoms with E-state index in [0.29, 0.717) is 5.92 Å². The normalized spacial score (nSPS) is 29.0. The van der Waals surface area contributed by atoms with Crippen molar-refractivity contribution >= 4 is 33.6 Å². The Morgan fingerprint density at radius 2 is 1.75 bits per heavy atom. The summed E-state index contributed by atoms with van der Waals surface area (Å²) in [6, 6.07) is 23.5. The highest BCUT2D eigenvalue weighted by atomic mass is 16.6. The van der Waals surface area contributed by atoms with Crippen LogP contribution in [-0.4, -0.2) is 46.9 Å². The Labute approximate surface area is 209 Å². The third-order valence-corrected chi connectivity index (χ3v) is 8.71. The van der Waals surface area contributed by atoms with Crippen LogP contribution in [0.2, 0.25) is 0 Å². The second-order valence-corrected chi connectivity index (χ2v) is 10.8. The SMILES string of the molecule is COC1(O)C2c3cc(C(C)C)c4ccccc4c3C3=[N+](C=NC4Oc5ccc6ccccc6c5C34)C21. The first-order valence-electron chi connectivity index (χ1n) is 12.7. The van der Waals surface area contributed by atoms with Crippen LogP contribution in [0, 0.1) is 0 Å². The molecule has 5 nitrogen and oxygen atoms in total. The number of nitrogens with zero attached hydrogens (tertiary/aromatic N) is 2. The molecule has 1 aliphatic carbocycles. The fourth-order valence-electron chi connectivity index (χ4n) is 7.06. The summed E-state index contributed by atoms with van der Waals surface area (Å²) < 4.78 is 14.4. The zero-order valence-electron chi connectivity index (χ0n) is 20.5. The van der Waals surface area contributed by atoms with Crippen LogP contribution < -0.4 is 4.74 Å². The van der Waals surface area contributed by atoms with Crippen LogP contribution >= 0.6 is 0 Å². The summed E-state index contributed by atoms with van der Waals surface area (Å²) in [6.45, 7) is 4.47. The van der Waals surface area contributed by atoms with E-state index >= 15 is 0 Å². The van der Waals surface area contributed by atoms with Crippen molar-refractivity contribution in [3.63, 3.8) is 0 Å². The molecular weight excluding hydrogens is 448 g/mol. The van der Waals surface area contributed by atoms with Gasteiger partial charge in [0.25, 0.3) is 12.6 Å². The van der Waals surface area contributed by atoms with Gasteiger partial charge in [-0.15, -0.1) is 0 Å². The second kappa shape index (κ2) is 6.81. The fraction of sp³-hybridized carbons (Fsp3) is 0.290. The van der Waals surface area contributed by atoms with Crippen molar-refractivity contribution in [1.82, 2.24) is 0 Å². The molecule has 0 bridgehead atoms. The van der Waals surface area contributed by atoms with Gasteiger partial charge in [-0.3, -0.25) is 0 Å². The van der Waals surface area contributed by atoms with Gasteiger partial charge < -0.3 is 14.6 Å². The zero-order valence-corrected chi connectivity index (χ0v) is 20.5. The molecule has 0 spiro atoms. The first-order chi connectivity index (χ1) is 17.5. The molecule has 178 valence electrons. The minimum atomic E-state index is -1.26. The lowest BCUT2D eigenvalue weighted by Gasteiger charge is -2.27. The molecular formula is C31H27N2O3+. The predicted molar refractivity (Wildman–Crippen MR) is 140 cm³/mol. The first kappa shape index (κ1) is 20.6. The van der Waals surface area contributed by atoms with Crippen molar-refractivity contribution in [3.8, 4) is 5.75 Å². The average Bonchev–Trinajstić information content (AvgIpc) is 3.35. The Morgan fingerprint density at radius 1 is 1.00 bits per heavy atom. The van der Waals surface area contributed by atoms with E-state index < -0.39 is 5.79 Å². The minimum Gasteiger partial charge on any atom is -0.447 e. The first-order valence-corrected chi connectivity index (χ1v) is 12.7. The zero-order chi connectivity index (χ0) is 24.3. The van der Waals surface area contributed by atoms with E-state index in [1.807, 2.05) is 6.34 Å². The number of hydrogen-bond acceptors (Lipinski definition) is 4. The summed E-state index contributed by atoms with van der Waals surface area (Å²) in [5, 5.41) is 16.5. The number of aliphatic imine (C=N–C) groups is 1. The molecule has 1 fully saturated rings. The highest BCUT2D eigenvalue weighted by Crippen LogP contribution is 2.60. The van der Waals surface area contributed by atoms with Gasteiger partial charge in [0.1, 0.15) is 17.4 Å². The van der Waals surface area contributed by atoms with Crippen molar-refractivity contribution in [1.29, 1.82) is 0 Å². The van der Waals surface area contributed by atoms with Crippen LogP contribution in [0.3, 0.4) is 0 Å². The second-order valence-electron chi connectivity index (χ2n) is 10.8. The largest absolute Gasteiger partial charge is 0.447 e. The van der Waals surface area contributed by atoms with E-state index in [1.54, 1.807) is 7.11 Å². The third-order valence-electron chi connectivity index (χ3n) is 8.71. The molecule has 0 amide bonds. The summed E-state index contributed by atoms with van der Waals surface area (Å²) in [4.78, 5) is 4.86. The smallest absolute Gasteiger partial charge is 0.293 e.